The molecule has 0 radical (unpaired) electrons. The van der Waals surface area contributed by atoms with E-state index >= 15 is 0 Å². The van der Waals surface area contributed by atoms with E-state index in [4.69, 9.17) is 10.8 Å². The Bertz CT molecular complexity index is 332. The molecule has 1 fully saturated rings. The average Bonchev–Trinajstić information content (AvgIpc) is 2.63. The number of carboxylic acid groups (broad SMARTS) is 1. The molecule has 0 bridgehead atoms. The van der Waals surface area contributed by atoms with Crippen molar-refractivity contribution in [3.8, 4) is 0 Å². The van der Waals surface area contributed by atoms with Gasteiger partial charge in [-0.25, -0.2) is 4.79 Å². The summed E-state index contributed by atoms with van der Waals surface area (Å²) < 4.78 is 0. The van der Waals surface area contributed by atoms with Gasteiger partial charge in [0.25, 0.3) is 0 Å². The third kappa shape index (κ3) is 4.03. The van der Waals surface area contributed by atoms with Gasteiger partial charge in [-0.1, -0.05) is 0 Å². The Hall–Kier alpha value is -1.63. The van der Waals surface area contributed by atoms with Gasteiger partial charge >= 0.3 is 5.97 Å². The van der Waals surface area contributed by atoms with Gasteiger partial charge < -0.3 is 21.1 Å². The van der Waals surface area contributed by atoms with Crippen molar-refractivity contribution < 1.29 is 19.5 Å². The van der Waals surface area contributed by atoms with E-state index in [1.807, 2.05) is 11.9 Å². The summed E-state index contributed by atoms with van der Waals surface area (Å²) in [6, 6.07) is -1.23. The van der Waals surface area contributed by atoms with E-state index in [9.17, 15) is 14.4 Å². The summed E-state index contributed by atoms with van der Waals surface area (Å²) in [5.74, 6) is -2.54. The lowest BCUT2D eigenvalue weighted by Gasteiger charge is -2.16. The molecule has 0 aromatic carbocycles. The van der Waals surface area contributed by atoms with Crippen molar-refractivity contribution in [1.29, 1.82) is 0 Å². The fraction of sp³-hybridized carbons (Fsp3) is 0.700. The van der Waals surface area contributed by atoms with Gasteiger partial charge in [0.1, 0.15) is 6.04 Å². The minimum absolute atomic E-state index is 0.213. The zero-order valence-corrected chi connectivity index (χ0v) is 9.68. The average molecular weight is 243 g/mol. The minimum Gasteiger partial charge on any atom is -0.480 e. The van der Waals surface area contributed by atoms with Crippen LogP contribution in [0.25, 0.3) is 0 Å². The quantitative estimate of drug-likeness (QED) is 0.537. The summed E-state index contributed by atoms with van der Waals surface area (Å²) in [4.78, 5) is 35.2. The number of nitrogens with one attached hydrogen (secondary N) is 1. The van der Waals surface area contributed by atoms with Gasteiger partial charge in [0.05, 0.1) is 12.3 Å². The van der Waals surface area contributed by atoms with Crippen molar-refractivity contribution in [3.05, 3.63) is 0 Å². The van der Waals surface area contributed by atoms with E-state index in [1.165, 1.54) is 0 Å². The Morgan fingerprint density at radius 3 is 2.59 bits per heavy atom. The third-order valence-electron chi connectivity index (χ3n) is 2.78. The van der Waals surface area contributed by atoms with Crippen molar-refractivity contribution in [3.63, 3.8) is 0 Å². The maximum atomic E-state index is 11.7. The number of carbonyl (C=O) groups is 3. The standard InChI is InChI=1S/C10H17N3O4/c1-13-3-2-6(5-13)9(15)12-7(10(16)17)4-8(11)14/h6-7H,2-5H2,1H3,(H2,11,14)(H,12,15)(H,16,17)/t6?,7-/m0/s1. The first kappa shape index (κ1) is 13.4. The van der Waals surface area contributed by atoms with Crippen molar-refractivity contribution in [2.24, 2.45) is 11.7 Å². The van der Waals surface area contributed by atoms with Crippen LogP contribution in [0.5, 0.6) is 0 Å². The molecule has 0 aromatic rings. The number of amides is 2. The summed E-state index contributed by atoms with van der Waals surface area (Å²) in [5, 5.41) is 11.2. The van der Waals surface area contributed by atoms with Gasteiger partial charge in [-0.2, -0.15) is 0 Å². The number of nitrogens with zero attached hydrogens (tertiary/aromatic N) is 1. The summed E-state index contributed by atoms with van der Waals surface area (Å²) in [7, 11) is 1.89. The second-order valence-electron chi connectivity index (χ2n) is 4.32. The molecule has 0 spiro atoms. The summed E-state index contributed by atoms with van der Waals surface area (Å²) in [5.41, 5.74) is 4.92. The fourth-order valence-electron chi connectivity index (χ4n) is 1.84. The summed E-state index contributed by atoms with van der Waals surface area (Å²) in [6.45, 7) is 1.42. The number of carbonyl (C=O) groups excluding carboxylic acids is 2. The molecule has 0 aromatic heterocycles. The van der Waals surface area contributed by atoms with Crippen LogP contribution in [-0.4, -0.2) is 54.0 Å². The zero-order valence-electron chi connectivity index (χ0n) is 9.68. The highest BCUT2D eigenvalue weighted by Crippen LogP contribution is 2.14. The SMILES string of the molecule is CN1CCC(C(=O)N[C@@H](CC(N)=O)C(=O)O)C1. The predicted molar refractivity (Wildman–Crippen MR) is 59.0 cm³/mol. The molecule has 0 aliphatic carbocycles. The first-order valence-electron chi connectivity index (χ1n) is 5.40. The molecule has 2 amide bonds. The van der Waals surface area contributed by atoms with Gasteiger partial charge in [0.15, 0.2) is 0 Å². The van der Waals surface area contributed by atoms with Crippen molar-refractivity contribution in [2.75, 3.05) is 20.1 Å². The molecule has 0 saturated carbocycles. The Labute approximate surface area is 98.9 Å². The first-order valence-corrected chi connectivity index (χ1v) is 5.40. The van der Waals surface area contributed by atoms with Crippen LogP contribution in [0.4, 0.5) is 0 Å². The van der Waals surface area contributed by atoms with Crippen LogP contribution in [0.3, 0.4) is 0 Å². The lowest BCUT2D eigenvalue weighted by atomic mass is 10.1. The van der Waals surface area contributed by atoms with Gasteiger partial charge in [-0.05, 0) is 20.0 Å². The molecule has 4 N–H and O–H groups in total. The molecule has 1 aliphatic rings. The molecule has 2 atom stereocenters. The number of hydrogen-bond acceptors (Lipinski definition) is 4. The molecule has 17 heavy (non-hydrogen) atoms. The van der Waals surface area contributed by atoms with Gasteiger partial charge in [-0.15, -0.1) is 0 Å². The lowest BCUT2D eigenvalue weighted by Crippen LogP contribution is -2.46. The van der Waals surface area contributed by atoms with Crippen molar-refractivity contribution in [2.45, 2.75) is 18.9 Å². The van der Waals surface area contributed by atoms with Crippen LogP contribution in [0.15, 0.2) is 0 Å². The van der Waals surface area contributed by atoms with Crippen molar-refractivity contribution in [1.82, 2.24) is 10.2 Å². The Morgan fingerprint density at radius 1 is 1.53 bits per heavy atom. The molecule has 7 nitrogen and oxygen atoms in total. The summed E-state index contributed by atoms with van der Waals surface area (Å²) >= 11 is 0. The highest BCUT2D eigenvalue weighted by molar-refractivity contribution is 5.89. The Morgan fingerprint density at radius 2 is 2.18 bits per heavy atom. The Kier molecular flexibility index (Phi) is 4.45. The van der Waals surface area contributed by atoms with Crippen LogP contribution >= 0.6 is 0 Å². The number of carboxylic acids is 1. The fourth-order valence-corrected chi connectivity index (χ4v) is 1.84. The van der Waals surface area contributed by atoms with Crippen LogP contribution in [0.1, 0.15) is 12.8 Å². The van der Waals surface area contributed by atoms with Gasteiger partial charge in [0, 0.05) is 6.54 Å². The largest absolute Gasteiger partial charge is 0.480 e. The molecule has 96 valence electrons. The van der Waals surface area contributed by atoms with E-state index in [2.05, 4.69) is 5.32 Å². The maximum absolute atomic E-state index is 11.7. The normalized spacial score (nSPS) is 22.1. The van der Waals surface area contributed by atoms with Crippen LogP contribution in [0.2, 0.25) is 0 Å². The molecule has 7 heteroatoms. The molecular formula is C10H17N3O4. The third-order valence-corrected chi connectivity index (χ3v) is 2.78. The van der Waals surface area contributed by atoms with Gasteiger partial charge in [-0.3, -0.25) is 9.59 Å². The highest BCUT2D eigenvalue weighted by atomic mass is 16.4. The van der Waals surface area contributed by atoms with Crippen LogP contribution < -0.4 is 11.1 Å². The number of likely N-dealkylation sites (tertiary alicyclic amines) is 1. The van der Waals surface area contributed by atoms with Crippen LogP contribution in [0, 0.1) is 5.92 Å². The lowest BCUT2D eigenvalue weighted by molar-refractivity contribution is -0.143. The predicted octanol–water partition coefficient (Wildman–Crippen LogP) is -1.62. The van der Waals surface area contributed by atoms with Gasteiger partial charge in [0.2, 0.25) is 11.8 Å². The van der Waals surface area contributed by atoms with E-state index in [0.717, 1.165) is 6.54 Å². The van der Waals surface area contributed by atoms with Crippen molar-refractivity contribution >= 4 is 17.8 Å². The highest BCUT2D eigenvalue weighted by Gasteiger charge is 2.30. The first-order chi connectivity index (χ1) is 7.90. The number of hydrogen-bond donors (Lipinski definition) is 3. The maximum Gasteiger partial charge on any atom is 0.326 e. The number of primary amides is 1. The van der Waals surface area contributed by atoms with E-state index in [0.29, 0.717) is 13.0 Å². The van der Waals surface area contributed by atoms with Crippen LogP contribution in [-0.2, 0) is 14.4 Å². The second-order valence-corrected chi connectivity index (χ2v) is 4.32. The molecule has 1 aliphatic heterocycles. The van der Waals surface area contributed by atoms with E-state index in [-0.39, 0.29) is 18.2 Å². The summed E-state index contributed by atoms with van der Waals surface area (Å²) in [6.07, 6.45) is 0.314. The Balaban J connectivity index is 2.52. The molecular weight excluding hydrogens is 226 g/mol. The number of aliphatic carboxylic acids is 1. The molecule has 1 rings (SSSR count). The number of nitrogens with two attached hydrogens (primary N) is 1. The van der Waals surface area contributed by atoms with E-state index < -0.39 is 17.9 Å². The molecule has 1 unspecified atom stereocenters. The topological polar surface area (TPSA) is 113 Å². The second kappa shape index (κ2) is 5.62. The minimum atomic E-state index is -1.25. The smallest absolute Gasteiger partial charge is 0.326 e. The van der Waals surface area contributed by atoms with E-state index in [1.54, 1.807) is 0 Å². The molecule has 1 heterocycles. The molecule has 1 saturated heterocycles. The monoisotopic (exact) mass is 243 g/mol. The number of rotatable bonds is 5. The zero-order chi connectivity index (χ0) is 13.0.